The summed E-state index contributed by atoms with van der Waals surface area (Å²) in [6.07, 6.45) is 2.36. The second-order valence-electron chi connectivity index (χ2n) is 9.20. The first-order chi connectivity index (χ1) is 18.0. The molecule has 13 heteroatoms. The Morgan fingerprint density at radius 1 is 0.921 bits per heavy atom. The van der Waals surface area contributed by atoms with Gasteiger partial charge in [-0.3, -0.25) is 19.2 Å². The second-order valence-corrected chi connectivity index (χ2v) is 9.20. The molecule has 13 nitrogen and oxygen atoms in total. The zero-order chi connectivity index (χ0) is 28.2. The fraction of sp³-hybridized carbons (Fsp3) is 0.440. The van der Waals surface area contributed by atoms with E-state index in [9.17, 15) is 29.1 Å². The summed E-state index contributed by atoms with van der Waals surface area (Å²) in [5.41, 5.74) is 7.23. The minimum absolute atomic E-state index is 0.0295. The van der Waals surface area contributed by atoms with Crippen LogP contribution in [0.1, 0.15) is 37.9 Å². The topological polar surface area (TPSA) is 217 Å². The molecular weight excluding hydrogens is 496 g/mol. The molecule has 0 saturated carbocycles. The molecule has 2 aromatic rings. The Bertz CT molecular complexity index is 1090. The van der Waals surface area contributed by atoms with Crippen molar-refractivity contribution in [3.63, 3.8) is 0 Å². The molecule has 0 bridgehead atoms. The van der Waals surface area contributed by atoms with Crippen LogP contribution in [-0.4, -0.2) is 74.0 Å². The molecule has 4 atom stereocenters. The highest BCUT2D eigenvalue weighted by molar-refractivity contribution is 5.94. The van der Waals surface area contributed by atoms with Crippen LogP contribution in [0.2, 0.25) is 0 Å². The van der Waals surface area contributed by atoms with Crippen molar-refractivity contribution < 1.29 is 34.2 Å². The van der Waals surface area contributed by atoms with Crippen LogP contribution in [0.3, 0.4) is 0 Å². The van der Waals surface area contributed by atoms with Crippen LogP contribution >= 0.6 is 0 Å². The summed E-state index contributed by atoms with van der Waals surface area (Å²) in [7, 11) is 0. The number of amides is 3. The van der Waals surface area contributed by atoms with Crippen molar-refractivity contribution in [2.24, 2.45) is 11.7 Å². The van der Waals surface area contributed by atoms with Gasteiger partial charge in [0.15, 0.2) is 0 Å². The lowest BCUT2D eigenvalue weighted by Gasteiger charge is -2.26. The van der Waals surface area contributed by atoms with Crippen molar-refractivity contribution in [3.8, 4) is 0 Å². The van der Waals surface area contributed by atoms with Gasteiger partial charge in [-0.15, -0.1) is 0 Å². The molecule has 1 heterocycles. The van der Waals surface area contributed by atoms with Crippen molar-refractivity contribution in [3.05, 3.63) is 54.1 Å². The minimum Gasteiger partial charge on any atom is -0.481 e. The Morgan fingerprint density at radius 2 is 1.55 bits per heavy atom. The number of carboxylic acid groups (broad SMARTS) is 2. The monoisotopic (exact) mass is 530 g/mol. The van der Waals surface area contributed by atoms with Gasteiger partial charge in [0.05, 0.1) is 12.4 Å². The van der Waals surface area contributed by atoms with Crippen LogP contribution in [0.5, 0.6) is 0 Å². The number of hydrogen-bond acceptors (Lipinski definition) is 7. The second kappa shape index (κ2) is 14.5. The third-order valence-electron chi connectivity index (χ3n) is 5.76. The first-order valence-electron chi connectivity index (χ1n) is 12.1. The lowest BCUT2D eigenvalue weighted by Crippen LogP contribution is -2.58. The number of benzene rings is 1. The summed E-state index contributed by atoms with van der Waals surface area (Å²) >= 11 is 0. The highest BCUT2D eigenvalue weighted by Gasteiger charge is 2.31. The predicted molar refractivity (Wildman–Crippen MR) is 136 cm³/mol. The van der Waals surface area contributed by atoms with E-state index >= 15 is 0 Å². The van der Waals surface area contributed by atoms with Crippen LogP contribution in [0.4, 0.5) is 0 Å². The molecule has 38 heavy (non-hydrogen) atoms. The van der Waals surface area contributed by atoms with Gasteiger partial charge < -0.3 is 36.9 Å². The number of aromatic amines is 1. The van der Waals surface area contributed by atoms with E-state index in [1.165, 1.54) is 12.5 Å². The Kier molecular flexibility index (Phi) is 11.4. The lowest BCUT2D eigenvalue weighted by molar-refractivity contribution is -0.143. The van der Waals surface area contributed by atoms with Gasteiger partial charge in [0, 0.05) is 31.2 Å². The molecule has 0 saturated heterocycles. The minimum atomic E-state index is -1.31. The van der Waals surface area contributed by atoms with Crippen LogP contribution in [0, 0.1) is 5.92 Å². The van der Waals surface area contributed by atoms with E-state index in [1.54, 1.807) is 44.2 Å². The van der Waals surface area contributed by atoms with Crippen molar-refractivity contribution >= 4 is 29.7 Å². The van der Waals surface area contributed by atoms with Crippen LogP contribution in [-0.2, 0) is 36.8 Å². The number of rotatable bonds is 15. The molecule has 8 N–H and O–H groups in total. The average Bonchev–Trinajstić information content (AvgIpc) is 3.37. The molecule has 4 unspecified atom stereocenters. The molecule has 3 amide bonds. The number of carboxylic acids is 2. The van der Waals surface area contributed by atoms with E-state index in [4.69, 9.17) is 10.8 Å². The van der Waals surface area contributed by atoms with E-state index in [1.807, 2.05) is 0 Å². The Balaban J connectivity index is 2.21. The van der Waals surface area contributed by atoms with Gasteiger partial charge in [-0.25, -0.2) is 9.78 Å². The van der Waals surface area contributed by atoms with Gasteiger partial charge in [-0.1, -0.05) is 44.2 Å². The highest BCUT2D eigenvalue weighted by Crippen LogP contribution is 2.08. The number of nitrogens with zero attached hydrogens (tertiary/aromatic N) is 1. The normalized spacial score (nSPS) is 14.1. The Labute approximate surface area is 219 Å². The van der Waals surface area contributed by atoms with E-state index in [0.29, 0.717) is 11.3 Å². The van der Waals surface area contributed by atoms with Crippen molar-refractivity contribution in [1.82, 2.24) is 25.9 Å². The molecule has 0 aliphatic heterocycles. The van der Waals surface area contributed by atoms with Crippen molar-refractivity contribution in [1.29, 1.82) is 0 Å². The van der Waals surface area contributed by atoms with Crippen LogP contribution in [0.15, 0.2) is 42.9 Å². The zero-order valence-electron chi connectivity index (χ0n) is 21.2. The van der Waals surface area contributed by atoms with Gasteiger partial charge >= 0.3 is 11.9 Å². The lowest BCUT2D eigenvalue weighted by atomic mass is 10.0. The number of carbonyl (C=O) groups excluding carboxylic acids is 3. The van der Waals surface area contributed by atoms with Gasteiger partial charge in [0.25, 0.3) is 0 Å². The maximum atomic E-state index is 13.2. The molecule has 2 rings (SSSR count). The van der Waals surface area contributed by atoms with Crippen LogP contribution < -0.4 is 21.7 Å². The Hall–Kier alpha value is -4.26. The maximum Gasteiger partial charge on any atom is 0.326 e. The smallest absolute Gasteiger partial charge is 0.326 e. The van der Waals surface area contributed by atoms with Gasteiger partial charge in [-0.05, 0) is 17.9 Å². The highest BCUT2D eigenvalue weighted by atomic mass is 16.4. The summed E-state index contributed by atoms with van der Waals surface area (Å²) in [6, 6.07) is 3.99. The van der Waals surface area contributed by atoms with Crippen LogP contribution in [0.25, 0.3) is 0 Å². The molecular formula is C25H34N6O7. The quantitative estimate of drug-likeness (QED) is 0.159. The molecule has 0 aliphatic carbocycles. The predicted octanol–water partition coefficient (Wildman–Crippen LogP) is -0.418. The third-order valence-corrected chi connectivity index (χ3v) is 5.76. The molecule has 0 radical (unpaired) electrons. The molecule has 206 valence electrons. The number of hydrogen-bond donors (Lipinski definition) is 7. The van der Waals surface area contributed by atoms with E-state index < -0.39 is 66.2 Å². The number of nitrogens with one attached hydrogen (secondary N) is 4. The van der Waals surface area contributed by atoms with E-state index in [2.05, 4.69) is 25.9 Å². The third kappa shape index (κ3) is 9.65. The van der Waals surface area contributed by atoms with Gasteiger partial charge in [0.2, 0.25) is 17.7 Å². The number of aromatic nitrogens is 2. The van der Waals surface area contributed by atoms with E-state index in [-0.39, 0.29) is 19.3 Å². The Morgan fingerprint density at radius 3 is 2.11 bits per heavy atom. The fourth-order valence-electron chi connectivity index (χ4n) is 3.64. The van der Waals surface area contributed by atoms with E-state index in [0.717, 1.165) is 0 Å². The summed E-state index contributed by atoms with van der Waals surface area (Å²) in [5, 5.41) is 26.1. The molecule has 0 spiro atoms. The first-order valence-corrected chi connectivity index (χ1v) is 12.1. The SMILES string of the molecule is CC(C)C(NC(=O)C(Cc1ccccc1)NC(=O)C(CCC(=O)O)NC(=O)C(N)Cc1cnc[nH]1)C(=O)O. The summed E-state index contributed by atoms with van der Waals surface area (Å²) in [6.45, 7) is 3.27. The number of aliphatic carboxylic acids is 2. The molecule has 1 aromatic carbocycles. The molecule has 1 aromatic heterocycles. The summed E-state index contributed by atoms with van der Waals surface area (Å²) in [4.78, 5) is 68.5. The standard InChI is InChI=1S/C25H34N6O7/c1-14(2)21(25(37)38)31-24(36)19(10-15-6-4-3-5-7-15)30-23(35)18(8-9-20(32)33)29-22(34)17(26)11-16-12-27-13-28-16/h3-7,12-14,17-19,21H,8-11,26H2,1-2H3,(H,27,28)(H,29,34)(H,30,35)(H,31,36)(H,32,33)(H,37,38). The van der Waals surface area contributed by atoms with Gasteiger partial charge in [0.1, 0.15) is 18.1 Å². The summed E-state index contributed by atoms with van der Waals surface area (Å²) in [5.74, 6) is -5.07. The van der Waals surface area contributed by atoms with Crippen molar-refractivity contribution in [2.75, 3.05) is 0 Å². The number of carbonyl (C=O) groups is 5. The molecule has 0 fully saturated rings. The molecule has 0 aliphatic rings. The fourth-order valence-corrected chi connectivity index (χ4v) is 3.64. The van der Waals surface area contributed by atoms with Crippen molar-refractivity contribution in [2.45, 2.75) is 63.7 Å². The number of H-pyrrole nitrogens is 1. The maximum absolute atomic E-state index is 13.2. The van der Waals surface area contributed by atoms with Gasteiger partial charge in [-0.2, -0.15) is 0 Å². The summed E-state index contributed by atoms with van der Waals surface area (Å²) < 4.78 is 0. The average molecular weight is 531 g/mol. The number of imidazole rings is 1. The largest absolute Gasteiger partial charge is 0.481 e. The number of nitrogens with two attached hydrogens (primary N) is 1. The zero-order valence-corrected chi connectivity index (χ0v) is 21.2. The first kappa shape index (κ1) is 30.0.